The fourth-order valence-electron chi connectivity index (χ4n) is 4.48. The summed E-state index contributed by atoms with van der Waals surface area (Å²) in [6, 6.07) is 7.20. The van der Waals surface area contributed by atoms with Crippen LogP contribution in [0.5, 0.6) is 0 Å². The summed E-state index contributed by atoms with van der Waals surface area (Å²) in [5.41, 5.74) is -0.0377. The van der Waals surface area contributed by atoms with E-state index in [-0.39, 0.29) is 35.2 Å². The number of hydrogen-bond donors (Lipinski definition) is 1. The second-order valence-electron chi connectivity index (χ2n) is 8.26. The molecule has 1 saturated carbocycles. The molecule has 166 valence electrons. The Hall–Kier alpha value is -2.39. The van der Waals surface area contributed by atoms with Crippen molar-refractivity contribution in [2.75, 3.05) is 19.3 Å². The minimum absolute atomic E-state index is 0.117. The molecule has 2 fully saturated rings. The quantitative estimate of drug-likeness (QED) is 0.756. The fraction of sp³-hybridized carbons (Fsp3) is 0.409. The van der Waals surface area contributed by atoms with Crippen LogP contribution in [0.2, 0.25) is 0 Å². The third-order valence-electron chi connectivity index (χ3n) is 5.88. The van der Waals surface area contributed by atoms with Crippen LogP contribution in [0.3, 0.4) is 0 Å². The van der Waals surface area contributed by atoms with Gasteiger partial charge >= 0.3 is 0 Å². The number of benzene rings is 2. The maximum absolute atomic E-state index is 14.8. The van der Waals surface area contributed by atoms with Gasteiger partial charge in [-0.25, -0.2) is 26.3 Å². The van der Waals surface area contributed by atoms with E-state index in [1.807, 2.05) is 0 Å². The summed E-state index contributed by atoms with van der Waals surface area (Å²) in [6.07, 6.45) is 2.74. The van der Waals surface area contributed by atoms with E-state index in [0.717, 1.165) is 18.4 Å². The minimum atomic E-state index is -3.39. The Labute approximate surface area is 179 Å². The fourth-order valence-corrected chi connectivity index (χ4v) is 5.28. The molecule has 31 heavy (non-hydrogen) atoms. The molecular weight excluding hydrogens is 429 g/mol. The first-order valence-corrected chi connectivity index (χ1v) is 12.0. The number of carbonyl (C=O) groups is 1. The van der Waals surface area contributed by atoms with E-state index < -0.39 is 39.3 Å². The number of likely N-dealkylation sites (tertiary alicyclic amines) is 1. The largest absolute Gasteiger partial charge is 0.341 e. The minimum Gasteiger partial charge on any atom is -0.341 e. The zero-order chi connectivity index (χ0) is 22.3. The highest BCUT2D eigenvalue weighted by Crippen LogP contribution is 2.52. The van der Waals surface area contributed by atoms with Crippen LogP contribution in [0.25, 0.3) is 11.1 Å². The molecule has 0 radical (unpaired) electrons. The predicted molar refractivity (Wildman–Crippen MR) is 110 cm³/mol. The summed E-state index contributed by atoms with van der Waals surface area (Å²) in [6.45, 7) is 0.747. The first-order chi connectivity index (χ1) is 14.7. The van der Waals surface area contributed by atoms with Crippen molar-refractivity contribution < 1.29 is 26.4 Å². The standard InChI is InChI=1S/C22H23F3N2O3S/c1-31(29,30)26-13-5-4-10-27(12-13)22(28)16-11-15(16)20-14(6-2-7-17(20)23)21-18(24)8-3-9-19(21)25/h2-3,6-9,13,15-16,26H,4-5,10-12H2,1H3. The molecule has 3 atom stereocenters. The molecule has 1 aliphatic carbocycles. The molecule has 0 aromatic heterocycles. The zero-order valence-electron chi connectivity index (χ0n) is 16.9. The lowest BCUT2D eigenvalue weighted by Crippen LogP contribution is -2.49. The molecule has 1 heterocycles. The van der Waals surface area contributed by atoms with Crippen molar-refractivity contribution in [2.45, 2.75) is 31.2 Å². The van der Waals surface area contributed by atoms with Crippen molar-refractivity contribution >= 4 is 15.9 Å². The van der Waals surface area contributed by atoms with E-state index in [1.165, 1.54) is 24.3 Å². The lowest BCUT2D eigenvalue weighted by molar-refractivity contribution is -0.133. The maximum atomic E-state index is 14.8. The Bertz CT molecular complexity index is 1100. The number of amides is 1. The van der Waals surface area contributed by atoms with Crippen molar-refractivity contribution in [3.05, 3.63) is 59.4 Å². The van der Waals surface area contributed by atoms with Crippen molar-refractivity contribution in [3.63, 3.8) is 0 Å². The highest BCUT2D eigenvalue weighted by Gasteiger charge is 2.48. The summed E-state index contributed by atoms with van der Waals surface area (Å²) in [4.78, 5) is 14.6. The number of carbonyl (C=O) groups excluding carboxylic acids is 1. The van der Waals surface area contributed by atoms with E-state index >= 15 is 0 Å². The second kappa shape index (κ2) is 8.27. The van der Waals surface area contributed by atoms with Crippen LogP contribution in [0.1, 0.15) is 30.7 Å². The molecule has 4 rings (SSSR count). The van der Waals surface area contributed by atoms with E-state index in [2.05, 4.69) is 4.72 Å². The molecule has 1 aliphatic heterocycles. The number of sulfonamides is 1. The van der Waals surface area contributed by atoms with Crippen LogP contribution in [0, 0.1) is 23.4 Å². The second-order valence-corrected chi connectivity index (χ2v) is 10.0. The van der Waals surface area contributed by atoms with Gasteiger partial charge < -0.3 is 4.90 Å². The van der Waals surface area contributed by atoms with Gasteiger partial charge in [-0.05, 0) is 54.5 Å². The molecule has 5 nitrogen and oxygen atoms in total. The Morgan fingerprint density at radius 2 is 1.71 bits per heavy atom. The van der Waals surface area contributed by atoms with Gasteiger partial charge in [-0.1, -0.05) is 18.2 Å². The van der Waals surface area contributed by atoms with Gasteiger partial charge in [0.05, 0.1) is 11.8 Å². The van der Waals surface area contributed by atoms with Crippen LogP contribution >= 0.6 is 0 Å². The molecule has 2 aromatic rings. The number of piperidine rings is 1. The van der Waals surface area contributed by atoms with Crippen LogP contribution in [-0.4, -0.2) is 44.6 Å². The topological polar surface area (TPSA) is 66.5 Å². The normalized spacial score (nSPS) is 23.6. The van der Waals surface area contributed by atoms with Gasteiger partial charge in [0.1, 0.15) is 17.5 Å². The summed E-state index contributed by atoms with van der Waals surface area (Å²) in [5.74, 6) is -3.35. The molecular formula is C22H23F3N2O3S. The maximum Gasteiger partial charge on any atom is 0.226 e. The molecule has 2 aromatic carbocycles. The van der Waals surface area contributed by atoms with Gasteiger partial charge in [0, 0.05) is 25.0 Å². The van der Waals surface area contributed by atoms with Crippen molar-refractivity contribution in [1.29, 1.82) is 0 Å². The highest BCUT2D eigenvalue weighted by molar-refractivity contribution is 7.88. The SMILES string of the molecule is CS(=O)(=O)NC1CCCN(C(=O)C2CC2c2c(F)cccc2-c2c(F)cccc2F)C1. The molecule has 0 spiro atoms. The van der Waals surface area contributed by atoms with Crippen LogP contribution in [-0.2, 0) is 14.8 Å². The van der Waals surface area contributed by atoms with Gasteiger partial charge in [0.2, 0.25) is 15.9 Å². The molecule has 2 aliphatic rings. The third-order valence-corrected chi connectivity index (χ3v) is 6.64. The lowest BCUT2D eigenvalue weighted by atomic mass is 9.94. The average Bonchev–Trinajstić information content (AvgIpc) is 3.46. The number of nitrogens with one attached hydrogen (secondary N) is 1. The Kier molecular flexibility index (Phi) is 5.83. The molecule has 3 unspecified atom stereocenters. The average molecular weight is 452 g/mol. The highest BCUT2D eigenvalue weighted by atomic mass is 32.2. The molecule has 0 bridgehead atoms. The van der Waals surface area contributed by atoms with Gasteiger partial charge in [-0.15, -0.1) is 0 Å². The summed E-state index contributed by atoms with van der Waals surface area (Å²) in [7, 11) is -3.39. The Morgan fingerprint density at radius 3 is 2.39 bits per heavy atom. The van der Waals surface area contributed by atoms with Gasteiger partial charge in [-0.2, -0.15) is 0 Å². The monoisotopic (exact) mass is 452 g/mol. The Balaban J connectivity index is 1.57. The number of hydrogen-bond acceptors (Lipinski definition) is 3. The van der Waals surface area contributed by atoms with E-state index in [9.17, 15) is 26.4 Å². The van der Waals surface area contributed by atoms with Crippen LogP contribution < -0.4 is 4.72 Å². The van der Waals surface area contributed by atoms with Crippen LogP contribution in [0.15, 0.2) is 36.4 Å². The molecule has 1 N–H and O–H groups in total. The lowest BCUT2D eigenvalue weighted by Gasteiger charge is -2.33. The zero-order valence-corrected chi connectivity index (χ0v) is 17.8. The summed E-state index contributed by atoms with van der Waals surface area (Å²) in [5, 5.41) is 0. The molecule has 9 heteroatoms. The van der Waals surface area contributed by atoms with Crippen molar-refractivity contribution in [3.8, 4) is 11.1 Å². The van der Waals surface area contributed by atoms with E-state index in [1.54, 1.807) is 4.90 Å². The van der Waals surface area contributed by atoms with E-state index in [0.29, 0.717) is 25.8 Å². The molecule has 1 saturated heterocycles. The van der Waals surface area contributed by atoms with Gasteiger partial charge in [-0.3, -0.25) is 4.79 Å². The predicted octanol–water partition coefficient (Wildman–Crippen LogP) is 3.41. The van der Waals surface area contributed by atoms with Crippen molar-refractivity contribution in [1.82, 2.24) is 9.62 Å². The van der Waals surface area contributed by atoms with E-state index in [4.69, 9.17) is 0 Å². The summed E-state index contributed by atoms with van der Waals surface area (Å²) < 4.78 is 69.0. The van der Waals surface area contributed by atoms with Gasteiger partial charge in [0.25, 0.3) is 0 Å². The first kappa shape index (κ1) is 21.8. The summed E-state index contributed by atoms with van der Waals surface area (Å²) >= 11 is 0. The first-order valence-electron chi connectivity index (χ1n) is 10.1. The van der Waals surface area contributed by atoms with Crippen LogP contribution in [0.4, 0.5) is 13.2 Å². The smallest absolute Gasteiger partial charge is 0.226 e. The number of halogens is 3. The third kappa shape index (κ3) is 4.62. The number of nitrogens with zero attached hydrogens (tertiary/aromatic N) is 1. The number of rotatable bonds is 5. The Morgan fingerprint density at radius 1 is 1.06 bits per heavy atom. The molecule has 1 amide bonds. The van der Waals surface area contributed by atoms with Gasteiger partial charge in [0.15, 0.2) is 0 Å². The van der Waals surface area contributed by atoms with Crippen molar-refractivity contribution in [2.24, 2.45) is 5.92 Å².